The molecule has 0 bridgehead atoms. The van der Waals surface area contributed by atoms with E-state index in [0.717, 1.165) is 16.9 Å². The summed E-state index contributed by atoms with van der Waals surface area (Å²) < 4.78 is 16.3. The predicted molar refractivity (Wildman–Crippen MR) is 75.0 cm³/mol. The lowest BCUT2D eigenvalue weighted by molar-refractivity contribution is 0.0696. The second kappa shape index (κ2) is 5.36. The van der Waals surface area contributed by atoms with Gasteiger partial charge in [-0.05, 0) is 48.4 Å². The monoisotopic (exact) mass is 286 g/mol. The summed E-state index contributed by atoms with van der Waals surface area (Å²) in [5.74, 6) is 1.17. The Balaban J connectivity index is 1.71. The van der Waals surface area contributed by atoms with E-state index in [-0.39, 0.29) is 12.4 Å². The molecule has 0 unspecified atom stereocenters. The van der Waals surface area contributed by atoms with Gasteiger partial charge in [0.2, 0.25) is 6.79 Å². The molecule has 1 aliphatic heterocycles. The maximum Gasteiger partial charge on any atom is 0.335 e. The third-order valence-electron chi connectivity index (χ3n) is 3.25. The number of benzene rings is 2. The van der Waals surface area contributed by atoms with E-state index >= 15 is 0 Å². The number of rotatable bonds is 4. The lowest BCUT2D eigenvalue weighted by atomic mass is 10.1. The topological polar surface area (TPSA) is 65.0 Å². The van der Waals surface area contributed by atoms with Crippen LogP contribution in [0.3, 0.4) is 0 Å². The molecule has 5 nitrogen and oxygen atoms in total. The molecule has 108 valence electrons. The number of aromatic carboxylic acids is 1. The number of ether oxygens (including phenoxy) is 3. The molecule has 0 spiro atoms. The molecule has 1 heterocycles. The first-order valence-corrected chi connectivity index (χ1v) is 6.49. The first kappa shape index (κ1) is 13.3. The minimum absolute atomic E-state index is 0.245. The predicted octanol–water partition coefficient (Wildman–Crippen LogP) is 3.00. The standard InChI is InChI=1S/C16H14O5/c1-10-6-12(16(17)18)3-5-13(10)19-8-11-2-4-14-15(7-11)21-9-20-14/h2-7H,8-9H2,1H3,(H,17,18). The van der Waals surface area contributed by atoms with Gasteiger partial charge < -0.3 is 19.3 Å². The van der Waals surface area contributed by atoms with Crippen molar-refractivity contribution in [2.24, 2.45) is 0 Å². The van der Waals surface area contributed by atoms with Crippen molar-refractivity contribution in [3.63, 3.8) is 0 Å². The van der Waals surface area contributed by atoms with Gasteiger partial charge in [-0.1, -0.05) is 6.07 Å². The second-order valence-corrected chi connectivity index (χ2v) is 4.76. The zero-order valence-corrected chi connectivity index (χ0v) is 11.5. The first-order chi connectivity index (χ1) is 10.1. The third kappa shape index (κ3) is 2.76. The summed E-state index contributed by atoms with van der Waals surface area (Å²) in [5.41, 5.74) is 2.00. The Kier molecular flexibility index (Phi) is 3.39. The van der Waals surface area contributed by atoms with E-state index < -0.39 is 5.97 Å². The maximum absolute atomic E-state index is 10.9. The third-order valence-corrected chi connectivity index (χ3v) is 3.25. The Morgan fingerprint density at radius 1 is 1.19 bits per heavy atom. The normalized spacial score (nSPS) is 12.2. The summed E-state index contributed by atoms with van der Waals surface area (Å²) in [6, 6.07) is 10.4. The van der Waals surface area contributed by atoms with Gasteiger partial charge in [-0.3, -0.25) is 0 Å². The zero-order chi connectivity index (χ0) is 14.8. The lowest BCUT2D eigenvalue weighted by Crippen LogP contribution is -2.00. The number of hydrogen-bond acceptors (Lipinski definition) is 4. The van der Waals surface area contributed by atoms with Crippen molar-refractivity contribution >= 4 is 5.97 Å². The van der Waals surface area contributed by atoms with Gasteiger partial charge in [0.1, 0.15) is 12.4 Å². The Hall–Kier alpha value is -2.69. The Morgan fingerprint density at radius 2 is 2.00 bits per heavy atom. The molecular weight excluding hydrogens is 272 g/mol. The Morgan fingerprint density at radius 3 is 2.76 bits per heavy atom. The van der Waals surface area contributed by atoms with Crippen molar-refractivity contribution in [3.05, 3.63) is 53.1 Å². The van der Waals surface area contributed by atoms with E-state index in [1.165, 1.54) is 6.07 Å². The molecule has 5 heteroatoms. The van der Waals surface area contributed by atoms with Gasteiger partial charge in [0.05, 0.1) is 5.56 Å². The van der Waals surface area contributed by atoms with Gasteiger partial charge in [0, 0.05) is 0 Å². The van der Waals surface area contributed by atoms with Crippen LogP contribution >= 0.6 is 0 Å². The van der Waals surface area contributed by atoms with Crippen LogP contribution in [-0.2, 0) is 6.61 Å². The molecule has 3 rings (SSSR count). The van der Waals surface area contributed by atoms with Crippen molar-refractivity contribution in [1.29, 1.82) is 0 Å². The fourth-order valence-electron chi connectivity index (χ4n) is 2.14. The van der Waals surface area contributed by atoms with Crippen LogP contribution in [0.1, 0.15) is 21.5 Å². The lowest BCUT2D eigenvalue weighted by Gasteiger charge is -2.10. The van der Waals surface area contributed by atoms with Crippen molar-refractivity contribution in [1.82, 2.24) is 0 Å². The van der Waals surface area contributed by atoms with E-state index in [2.05, 4.69) is 0 Å². The van der Waals surface area contributed by atoms with Crippen molar-refractivity contribution < 1.29 is 24.1 Å². The molecule has 0 fully saturated rings. The average Bonchev–Trinajstić information content (AvgIpc) is 2.93. The van der Waals surface area contributed by atoms with Gasteiger partial charge in [0.25, 0.3) is 0 Å². The molecule has 2 aromatic carbocycles. The number of carboxylic acid groups (broad SMARTS) is 1. The minimum atomic E-state index is -0.944. The summed E-state index contributed by atoms with van der Waals surface area (Å²) in [4.78, 5) is 10.9. The van der Waals surface area contributed by atoms with Crippen LogP contribution in [0, 0.1) is 6.92 Å². The van der Waals surface area contributed by atoms with E-state index in [1.807, 2.05) is 25.1 Å². The molecule has 1 aliphatic rings. The quantitative estimate of drug-likeness (QED) is 0.936. The van der Waals surface area contributed by atoms with E-state index in [1.54, 1.807) is 12.1 Å². The van der Waals surface area contributed by atoms with Gasteiger partial charge >= 0.3 is 5.97 Å². The molecule has 1 N–H and O–H groups in total. The molecule has 0 aliphatic carbocycles. The highest BCUT2D eigenvalue weighted by Crippen LogP contribution is 2.33. The highest BCUT2D eigenvalue weighted by molar-refractivity contribution is 5.88. The SMILES string of the molecule is Cc1cc(C(=O)O)ccc1OCc1ccc2c(c1)OCO2. The smallest absolute Gasteiger partial charge is 0.335 e. The number of fused-ring (bicyclic) bond motifs is 1. The molecule has 0 radical (unpaired) electrons. The van der Waals surface area contributed by atoms with E-state index in [9.17, 15) is 4.79 Å². The average molecular weight is 286 g/mol. The number of carbonyl (C=O) groups is 1. The molecular formula is C16H14O5. The van der Waals surface area contributed by atoms with Crippen LogP contribution in [0.25, 0.3) is 0 Å². The summed E-state index contributed by atoms with van der Waals surface area (Å²) in [5, 5.41) is 8.93. The van der Waals surface area contributed by atoms with E-state index in [0.29, 0.717) is 18.1 Å². The van der Waals surface area contributed by atoms with Crippen LogP contribution in [-0.4, -0.2) is 17.9 Å². The number of aryl methyl sites for hydroxylation is 1. The van der Waals surface area contributed by atoms with Crippen LogP contribution in [0.4, 0.5) is 0 Å². The molecule has 0 saturated carbocycles. The van der Waals surface area contributed by atoms with Crippen LogP contribution in [0.15, 0.2) is 36.4 Å². The van der Waals surface area contributed by atoms with Crippen molar-refractivity contribution in [3.8, 4) is 17.2 Å². The van der Waals surface area contributed by atoms with Gasteiger partial charge in [-0.2, -0.15) is 0 Å². The molecule has 2 aromatic rings. The fraction of sp³-hybridized carbons (Fsp3) is 0.188. The van der Waals surface area contributed by atoms with Gasteiger partial charge in [0.15, 0.2) is 11.5 Å². The summed E-state index contributed by atoms with van der Waals surface area (Å²) >= 11 is 0. The summed E-state index contributed by atoms with van der Waals surface area (Å²) in [6.07, 6.45) is 0. The largest absolute Gasteiger partial charge is 0.489 e. The van der Waals surface area contributed by atoms with Crippen molar-refractivity contribution in [2.75, 3.05) is 6.79 Å². The molecule has 0 aromatic heterocycles. The maximum atomic E-state index is 10.9. The fourth-order valence-corrected chi connectivity index (χ4v) is 2.14. The molecule has 0 amide bonds. The first-order valence-electron chi connectivity index (χ1n) is 6.49. The molecule has 0 atom stereocenters. The Bertz CT molecular complexity index is 693. The van der Waals surface area contributed by atoms with Crippen LogP contribution < -0.4 is 14.2 Å². The second-order valence-electron chi connectivity index (χ2n) is 4.76. The Labute approximate surface area is 121 Å². The van der Waals surface area contributed by atoms with Gasteiger partial charge in [-0.15, -0.1) is 0 Å². The van der Waals surface area contributed by atoms with Crippen LogP contribution in [0.5, 0.6) is 17.2 Å². The molecule has 21 heavy (non-hydrogen) atoms. The minimum Gasteiger partial charge on any atom is -0.489 e. The molecule has 0 saturated heterocycles. The summed E-state index contributed by atoms with van der Waals surface area (Å²) in [6.45, 7) is 2.45. The van der Waals surface area contributed by atoms with Crippen LogP contribution in [0.2, 0.25) is 0 Å². The zero-order valence-electron chi connectivity index (χ0n) is 11.5. The van der Waals surface area contributed by atoms with E-state index in [4.69, 9.17) is 19.3 Å². The van der Waals surface area contributed by atoms with Gasteiger partial charge in [-0.25, -0.2) is 4.79 Å². The number of carboxylic acids is 1. The van der Waals surface area contributed by atoms with Crippen molar-refractivity contribution in [2.45, 2.75) is 13.5 Å². The highest BCUT2D eigenvalue weighted by atomic mass is 16.7. The highest BCUT2D eigenvalue weighted by Gasteiger charge is 2.13. The number of hydrogen-bond donors (Lipinski definition) is 1. The summed E-state index contributed by atoms with van der Waals surface area (Å²) in [7, 11) is 0.